The Kier molecular flexibility index (Phi) is 4.75. The van der Waals surface area contributed by atoms with E-state index in [9.17, 15) is 0 Å². The molecule has 1 aromatic carbocycles. The molecule has 0 amide bonds. The van der Waals surface area contributed by atoms with Gasteiger partial charge in [-0.2, -0.15) is 0 Å². The van der Waals surface area contributed by atoms with Crippen LogP contribution in [-0.2, 0) is 11.2 Å². The Morgan fingerprint density at radius 1 is 1.39 bits per heavy atom. The first-order valence-corrected chi connectivity index (χ1v) is 6.84. The van der Waals surface area contributed by atoms with Gasteiger partial charge in [0.05, 0.1) is 6.10 Å². The fourth-order valence-electron chi connectivity index (χ4n) is 2.70. The SMILES string of the molecule is CCc1ccc(C(CN)N2CCC(OC)C2)cc1. The Morgan fingerprint density at radius 2 is 2.11 bits per heavy atom. The molecule has 0 radical (unpaired) electrons. The van der Waals surface area contributed by atoms with Gasteiger partial charge in [0, 0.05) is 32.8 Å². The van der Waals surface area contributed by atoms with Crippen LogP contribution in [0.2, 0.25) is 0 Å². The Balaban J connectivity index is 2.08. The highest BCUT2D eigenvalue weighted by Gasteiger charge is 2.28. The summed E-state index contributed by atoms with van der Waals surface area (Å²) in [6.07, 6.45) is 2.57. The average molecular weight is 248 g/mol. The van der Waals surface area contributed by atoms with E-state index in [-0.39, 0.29) is 0 Å². The summed E-state index contributed by atoms with van der Waals surface area (Å²) in [6, 6.07) is 9.19. The summed E-state index contributed by atoms with van der Waals surface area (Å²) in [5, 5.41) is 0. The van der Waals surface area contributed by atoms with E-state index in [0.29, 0.717) is 18.7 Å². The molecule has 1 aromatic rings. The first kappa shape index (κ1) is 13.5. The maximum absolute atomic E-state index is 5.96. The molecule has 2 unspecified atom stereocenters. The lowest BCUT2D eigenvalue weighted by atomic mass is 10.0. The summed E-state index contributed by atoms with van der Waals surface area (Å²) in [7, 11) is 1.79. The molecule has 1 fully saturated rings. The van der Waals surface area contributed by atoms with Gasteiger partial charge in [-0.05, 0) is 24.0 Å². The number of benzene rings is 1. The van der Waals surface area contributed by atoms with Gasteiger partial charge in [-0.3, -0.25) is 4.90 Å². The zero-order valence-corrected chi connectivity index (χ0v) is 11.4. The van der Waals surface area contributed by atoms with Crippen LogP contribution in [0, 0.1) is 0 Å². The number of methoxy groups -OCH3 is 1. The number of rotatable bonds is 5. The lowest BCUT2D eigenvalue weighted by molar-refractivity contribution is 0.101. The van der Waals surface area contributed by atoms with Crippen molar-refractivity contribution in [1.29, 1.82) is 0 Å². The lowest BCUT2D eigenvalue weighted by Gasteiger charge is -2.27. The van der Waals surface area contributed by atoms with E-state index >= 15 is 0 Å². The van der Waals surface area contributed by atoms with E-state index in [1.165, 1.54) is 11.1 Å². The average Bonchev–Trinajstić information content (AvgIpc) is 2.89. The largest absolute Gasteiger partial charge is 0.380 e. The van der Waals surface area contributed by atoms with Crippen molar-refractivity contribution < 1.29 is 4.74 Å². The van der Waals surface area contributed by atoms with Crippen LogP contribution >= 0.6 is 0 Å². The monoisotopic (exact) mass is 248 g/mol. The van der Waals surface area contributed by atoms with Crippen molar-refractivity contribution in [1.82, 2.24) is 4.90 Å². The molecule has 18 heavy (non-hydrogen) atoms. The summed E-state index contributed by atoms with van der Waals surface area (Å²) < 4.78 is 5.43. The molecule has 0 bridgehead atoms. The second-order valence-electron chi connectivity index (χ2n) is 4.99. The van der Waals surface area contributed by atoms with Crippen LogP contribution in [-0.4, -0.2) is 37.7 Å². The van der Waals surface area contributed by atoms with Gasteiger partial charge in [0.1, 0.15) is 0 Å². The van der Waals surface area contributed by atoms with Crippen LogP contribution in [0.5, 0.6) is 0 Å². The van der Waals surface area contributed by atoms with Crippen LogP contribution in [0.3, 0.4) is 0 Å². The van der Waals surface area contributed by atoms with Gasteiger partial charge in [-0.15, -0.1) is 0 Å². The molecule has 1 saturated heterocycles. The van der Waals surface area contributed by atoms with Gasteiger partial charge in [0.2, 0.25) is 0 Å². The molecule has 0 aromatic heterocycles. The smallest absolute Gasteiger partial charge is 0.0710 e. The summed E-state index contributed by atoms with van der Waals surface area (Å²) in [6.45, 7) is 4.92. The molecule has 3 nitrogen and oxygen atoms in total. The van der Waals surface area contributed by atoms with Crippen LogP contribution in [0.4, 0.5) is 0 Å². The fraction of sp³-hybridized carbons (Fsp3) is 0.600. The van der Waals surface area contributed by atoms with Crippen molar-refractivity contribution in [3.63, 3.8) is 0 Å². The highest BCUT2D eigenvalue weighted by molar-refractivity contribution is 5.25. The predicted molar refractivity (Wildman–Crippen MR) is 74.6 cm³/mol. The molecule has 2 atom stereocenters. The molecule has 1 heterocycles. The van der Waals surface area contributed by atoms with Gasteiger partial charge >= 0.3 is 0 Å². The Bertz CT molecular complexity index is 363. The third-order valence-electron chi connectivity index (χ3n) is 3.95. The molecular formula is C15H24N2O. The van der Waals surface area contributed by atoms with E-state index in [4.69, 9.17) is 10.5 Å². The summed E-state index contributed by atoms with van der Waals surface area (Å²) in [5.74, 6) is 0. The van der Waals surface area contributed by atoms with E-state index in [1.807, 2.05) is 0 Å². The number of hydrogen-bond acceptors (Lipinski definition) is 3. The van der Waals surface area contributed by atoms with Gasteiger partial charge in [0.25, 0.3) is 0 Å². The first-order valence-electron chi connectivity index (χ1n) is 6.84. The number of nitrogens with zero attached hydrogens (tertiary/aromatic N) is 1. The third-order valence-corrected chi connectivity index (χ3v) is 3.95. The quantitative estimate of drug-likeness (QED) is 0.866. The van der Waals surface area contributed by atoms with Crippen molar-refractivity contribution in [2.45, 2.75) is 31.9 Å². The molecule has 0 spiro atoms. The van der Waals surface area contributed by atoms with Gasteiger partial charge in [-0.25, -0.2) is 0 Å². The molecule has 2 N–H and O–H groups in total. The minimum absolute atomic E-state index is 0.330. The summed E-state index contributed by atoms with van der Waals surface area (Å²) in [5.41, 5.74) is 8.67. The van der Waals surface area contributed by atoms with E-state index in [1.54, 1.807) is 7.11 Å². The fourth-order valence-corrected chi connectivity index (χ4v) is 2.70. The molecule has 100 valence electrons. The maximum Gasteiger partial charge on any atom is 0.0710 e. The second kappa shape index (κ2) is 6.32. The van der Waals surface area contributed by atoms with E-state index in [2.05, 4.69) is 36.1 Å². The zero-order valence-electron chi connectivity index (χ0n) is 11.4. The second-order valence-corrected chi connectivity index (χ2v) is 4.99. The molecule has 2 rings (SSSR count). The highest BCUT2D eigenvalue weighted by atomic mass is 16.5. The molecule has 0 aliphatic carbocycles. The zero-order chi connectivity index (χ0) is 13.0. The van der Waals surface area contributed by atoms with Crippen LogP contribution < -0.4 is 5.73 Å². The van der Waals surface area contributed by atoms with E-state index in [0.717, 1.165) is 25.9 Å². The number of aryl methyl sites for hydroxylation is 1. The number of hydrogen-bond donors (Lipinski definition) is 1. The Hall–Kier alpha value is -0.900. The maximum atomic E-state index is 5.96. The minimum atomic E-state index is 0.330. The van der Waals surface area contributed by atoms with Gasteiger partial charge < -0.3 is 10.5 Å². The van der Waals surface area contributed by atoms with Crippen molar-refractivity contribution in [3.05, 3.63) is 35.4 Å². The number of ether oxygens (including phenoxy) is 1. The predicted octanol–water partition coefficient (Wildman–Crippen LogP) is 1.97. The first-order chi connectivity index (χ1) is 8.78. The summed E-state index contributed by atoms with van der Waals surface area (Å²) >= 11 is 0. The van der Waals surface area contributed by atoms with Crippen LogP contribution in [0.15, 0.2) is 24.3 Å². The van der Waals surface area contributed by atoms with Crippen LogP contribution in [0.25, 0.3) is 0 Å². The van der Waals surface area contributed by atoms with Crippen molar-refractivity contribution in [2.75, 3.05) is 26.7 Å². The van der Waals surface area contributed by atoms with Gasteiger partial charge in [0.15, 0.2) is 0 Å². The van der Waals surface area contributed by atoms with Crippen molar-refractivity contribution in [2.24, 2.45) is 5.73 Å². The van der Waals surface area contributed by atoms with Gasteiger partial charge in [-0.1, -0.05) is 31.2 Å². The number of nitrogens with two attached hydrogens (primary N) is 1. The van der Waals surface area contributed by atoms with E-state index < -0.39 is 0 Å². The Morgan fingerprint density at radius 3 is 2.61 bits per heavy atom. The summed E-state index contributed by atoms with van der Waals surface area (Å²) in [4.78, 5) is 2.44. The Labute approximate surface area is 110 Å². The molecule has 1 aliphatic rings. The van der Waals surface area contributed by atoms with Crippen molar-refractivity contribution in [3.8, 4) is 0 Å². The standard InChI is InChI=1S/C15H24N2O/c1-3-12-4-6-13(7-5-12)15(10-16)17-9-8-14(11-17)18-2/h4-7,14-15H,3,8-11,16H2,1-2H3. The molecule has 0 saturated carbocycles. The molecule has 1 aliphatic heterocycles. The minimum Gasteiger partial charge on any atom is -0.380 e. The third kappa shape index (κ3) is 2.91. The van der Waals surface area contributed by atoms with Crippen LogP contribution in [0.1, 0.15) is 30.5 Å². The normalized spacial score (nSPS) is 22.3. The lowest BCUT2D eigenvalue weighted by Crippen LogP contribution is -2.32. The topological polar surface area (TPSA) is 38.5 Å². The number of likely N-dealkylation sites (tertiary alicyclic amines) is 1. The van der Waals surface area contributed by atoms with Crippen molar-refractivity contribution >= 4 is 0 Å². The molecule has 3 heteroatoms. The molecular weight excluding hydrogens is 224 g/mol. The highest BCUT2D eigenvalue weighted by Crippen LogP contribution is 2.25.